The van der Waals surface area contributed by atoms with Gasteiger partial charge in [0.05, 0.1) is 12.2 Å². The Hall–Kier alpha value is -1.55. The molecular formula is C13H18N2O2. The summed E-state index contributed by atoms with van der Waals surface area (Å²) in [6, 6.07) is 5.50. The highest BCUT2D eigenvalue weighted by molar-refractivity contribution is 5.97. The number of rotatable bonds is 4. The summed E-state index contributed by atoms with van der Waals surface area (Å²) >= 11 is 0. The van der Waals surface area contributed by atoms with Gasteiger partial charge in [-0.05, 0) is 31.2 Å². The zero-order valence-corrected chi connectivity index (χ0v) is 10.0. The van der Waals surface area contributed by atoms with Crippen LogP contribution in [0.15, 0.2) is 18.2 Å². The predicted octanol–water partition coefficient (Wildman–Crippen LogP) is 1.80. The summed E-state index contributed by atoms with van der Waals surface area (Å²) < 4.78 is 5.78. The summed E-state index contributed by atoms with van der Waals surface area (Å²) in [5.74, 6) is 0.905. The molecule has 1 aliphatic rings. The summed E-state index contributed by atoms with van der Waals surface area (Å²) in [5, 5.41) is 3.29. The van der Waals surface area contributed by atoms with E-state index in [2.05, 4.69) is 12.2 Å². The highest BCUT2D eigenvalue weighted by Gasteiger charge is 2.18. The minimum absolute atomic E-state index is 0.0784. The van der Waals surface area contributed by atoms with Crippen LogP contribution < -0.4 is 15.8 Å². The summed E-state index contributed by atoms with van der Waals surface area (Å²) in [6.45, 7) is 3.27. The Kier molecular flexibility index (Phi) is 3.64. The molecule has 1 unspecified atom stereocenters. The quantitative estimate of drug-likeness (QED) is 0.780. The minimum atomic E-state index is 0.0784. The fraction of sp³-hybridized carbons (Fsp3) is 0.462. The number of benzene rings is 1. The molecule has 1 aromatic carbocycles. The van der Waals surface area contributed by atoms with Crippen LogP contribution in [-0.2, 0) is 0 Å². The first kappa shape index (κ1) is 11.9. The van der Waals surface area contributed by atoms with Gasteiger partial charge in [-0.2, -0.15) is 0 Å². The lowest BCUT2D eigenvalue weighted by Crippen LogP contribution is -2.30. The number of nitrogens with one attached hydrogen (secondary N) is 1. The SMILES string of the molecule is CCC1CNc2cc(C(=O)CCN)ccc2O1. The number of ketones is 1. The second kappa shape index (κ2) is 5.19. The molecule has 17 heavy (non-hydrogen) atoms. The lowest BCUT2D eigenvalue weighted by molar-refractivity contribution is 0.0985. The molecule has 0 radical (unpaired) electrons. The van der Waals surface area contributed by atoms with Gasteiger partial charge in [0.15, 0.2) is 5.78 Å². The normalized spacial score (nSPS) is 17.9. The molecule has 0 amide bonds. The molecule has 92 valence electrons. The third kappa shape index (κ3) is 2.58. The van der Waals surface area contributed by atoms with Gasteiger partial charge in [-0.1, -0.05) is 6.92 Å². The molecule has 4 nitrogen and oxygen atoms in total. The fourth-order valence-electron chi connectivity index (χ4n) is 1.89. The first-order chi connectivity index (χ1) is 8.24. The lowest BCUT2D eigenvalue weighted by Gasteiger charge is -2.26. The van der Waals surface area contributed by atoms with E-state index in [0.29, 0.717) is 18.5 Å². The van der Waals surface area contributed by atoms with E-state index in [9.17, 15) is 4.79 Å². The third-order valence-corrected chi connectivity index (χ3v) is 2.94. The van der Waals surface area contributed by atoms with E-state index in [1.165, 1.54) is 0 Å². The molecule has 4 heteroatoms. The number of carbonyl (C=O) groups is 1. The molecule has 1 aromatic rings. The molecular weight excluding hydrogens is 216 g/mol. The van der Waals surface area contributed by atoms with Crippen LogP contribution in [0.1, 0.15) is 30.1 Å². The lowest BCUT2D eigenvalue weighted by atomic mass is 10.1. The van der Waals surface area contributed by atoms with Gasteiger partial charge in [-0.15, -0.1) is 0 Å². The van der Waals surface area contributed by atoms with Crippen LogP contribution >= 0.6 is 0 Å². The highest BCUT2D eigenvalue weighted by Crippen LogP contribution is 2.30. The number of nitrogens with two attached hydrogens (primary N) is 1. The number of fused-ring (bicyclic) bond motifs is 1. The van der Waals surface area contributed by atoms with Gasteiger partial charge in [-0.3, -0.25) is 4.79 Å². The van der Waals surface area contributed by atoms with Crippen LogP contribution in [0.5, 0.6) is 5.75 Å². The van der Waals surface area contributed by atoms with E-state index >= 15 is 0 Å². The van der Waals surface area contributed by atoms with Crippen molar-refractivity contribution in [3.63, 3.8) is 0 Å². The van der Waals surface area contributed by atoms with Crippen molar-refractivity contribution in [3.8, 4) is 5.75 Å². The molecule has 1 heterocycles. The summed E-state index contributed by atoms with van der Waals surface area (Å²) in [7, 11) is 0. The van der Waals surface area contributed by atoms with Gasteiger partial charge >= 0.3 is 0 Å². The molecule has 0 saturated carbocycles. The van der Waals surface area contributed by atoms with E-state index in [4.69, 9.17) is 10.5 Å². The molecule has 0 aliphatic carbocycles. The maximum Gasteiger partial charge on any atom is 0.164 e. The maximum absolute atomic E-state index is 11.7. The Morgan fingerprint density at radius 3 is 3.12 bits per heavy atom. The average molecular weight is 234 g/mol. The van der Waals surface area contributed by atoms with Crippen molar-refractivity contribution in [1.82, 2.24) is 0 Å². The number of ether oxygens (including phenoxy) is 1. The van der Waals surface area contributed by atoms with E-state index < -0.39 is 0 Å². The van der Waals surface area contributed by atoms with Gasteiger partial charge in [0.25, 0.3) is 0 Å². The van der Waals surface area contributed by atoms with Gasteiger partial charge in [0.1, 0.15) is 11.9 Å². The summed E-state index contributed by atoms with van der Waals surface area (Å²) in [6.07, 6.45) is 1.57. The first-order valence-corrected chi connectivity index (χ1v) is 6.02. The second-order valence-electron chi connectivity index (χ2n) is 4.20. The number of anilines is 1. The predicted molar refractivity (Wildman–Crippen MR) is 67.6 cm³/mol. The van der Waals surface area contributed by atoms with Crippen LogP contribution in [-0.4, -0.2) is 25.0 Å². The zero-order chi connectivity index (χ0) is 12.3. The highest BCUT2D eigenvalue weighted by atomic mass is 16.5. The molecule has 0 saturated heterocycles. The number of Topliss-reactive ketones (excluding diaryl/α,β-unsaturated/α-hetero) is 1. The van der Waals surface area contributed by atoms with Gasteiger partial charge in [0, 0.05) is 12.0 Å². The fourth-order valence-corrected chi connectivity index (χ4v) is 1.89. The van der Waals surface area contributed by atoms with Crippen molar-refractivity contribution in [2.75, 3.05) is 18.4 Å². The maximum atomic E-state index is 11.7. The van der Waals surface area contributed by atoms with Crippen molar-refractivity contribution >= 4 is 11.5 Å². The van der Waals surface area contributed by atoms with Crippen LogP contribution in [0.2, 0.25) is 0 Å². The molecule has 1 aliphatic heterocycles. The van der Waals surface area contributed by atoms with Gasteiger partial charge in [0.2, 0.25) is 0 Å². The molecule has 0 bridgehead atoms. The molecule has 0 aromatic heterocycles. The van der Waals surface area contributed by atoms with Crippen molar-refractivity contribution in [1.29, 1.82) is 0 Å². The van der Waals surface area contributed by atoms with Crippen LogP contribution in [0.4, 0.5) is 5.69 Å². The largest absolute Gasteiger partial charge is 0.486 e. The first-order valence-electron chi connectivity index (χ1n) is 6.02. The van der Waals surface area contributed by atoms with Gasteiger partial charge < -0.3 is 15.8 Å². The smallest absolute Gasteiger partial charge is 0.164 e. The number of hydrogen-bond donors (Lipinski definition) is 2. The minimum Gasteiger partial charge on any atom is -0.486 e. The van der Waals surface area contributed by atoms with Crippen LogP contribution in [0.3, 0.4) is 0 Å². The van der Waals surface area contributed by atoms with E-state index in [-0.39, 0.29) is 11.9 Å². The Bertz CT molecular complexity index is 418. The standard InChI is InChI=1S/C13H18N2O2/c1-2-10-8-15-11-7-9(12(16)5-6-14)3-4-13(11)17-10/h3-4,7,10,15H,2,5-6,8,14H2,1H3. The summed E-state index contributed by atoms with van der Waals surface area (Å²) in [4.78, 5) is 11.7. The molecule has 1 atom stereocenters. The van der Waals surface area contributed by atoms with Crippen molar-refractivity contribution in [2.24, 2.45) is 5.73 Å². The summed E-state index contributed by atoms with van der Waals surface area (Å²) in [5.41, 5.74) is 6.97. The monoisotopic (exact) mass is 234 g/mol. The molecule has 0 spiro atoms. The zero-order valence-electron chi connectivity index (χ0n) is 10.0. The Morgan fingerprint density at radius 2 is 2.41 bits per heavy atom. The molecule has 0 fully saturated rings. The van der Waals surface area contributed by atoms with E-state index in [0.717, 1.165) is 24.4 Å². The Morgan fingerprint density at radius 1 is 1.59 bits per heavy atom. The number of hydrogen-bond acceptors (Lipinski definition) is 4. The third-order valence-electron chi connectivity index (χ3n) is 2.94. The topological polar surface area (TPSA) is 64.4 Å². The van der Waals surface area contributed by atoms with Crippen LogP contribution in [0.25, 0.3) is 0 Å². The van der Waals surface area contributed by atoms with E-state index in [1.807, 2.05) is 12.1 Å². The van der Waals surface area contributed by atoms with E-state index in [1.54, 1.807) is 6.07 Å². The van der Waals surface area contributed by atoms with Crippen molar-refractivity contribution in [2.45, 2.75) is 25.9 Å². The Labute approximate surface area is 101 Å². The van der Waals surface area contributed by atoms with Crippen LogP contribution in [0, 0.1) is 0 Å². The van der Waals surface area contributed by atoms with Crippen molar-refractivity contribution in [3.05, 3.63) is 23.8 Å². The Balaban J connectivity index is 2.18. The molecule has 3 N–H and O–H groups in total. The van der Waals surface area contributed by atoms with Crippen molar-refractivity contribution < 1.29 is 9.53 Å². The number of carbonyl (C=O) groups excluding carboxylic acids is 1. The average Bonchev–Trinajstić information content (AvgIpc) is 2.37. The molecule has 2 rings (SSSR count). The van der Waals surface area contributed by atoms with Gasteiger partial charge in [-0.25, -0.2) is 0 Å². The second-order valence-corrected chi connectivity index (χ2v) is 4.20.